The molecule has 0 saturated heterocycles. The third kappa shape index (κ3) is 5.82. The maximum atomic E-state index is 5.90. The number of rotatable bonds is 7. The molecule has 2 aromatic rings. The Labute approximate surface area is 136 Å². The van der Waals surface area contributed by atoms with Gasteiger partial charge in [-0.1, -0.05) is 60.3 Å². The van der Waals surface area contributed by atoms with E-state index in [1.165, 1.54) is 17.3 Å². The lowest BCUT2D eigenvalue weighted by atomic mass is 10.2. The molecule has 0 aliphatic heterocycles. The van der Waals surface area contributed by atoms with Crippen molar-refractivity contribution in [3.05, 3.63) is 65.7 Å². The van der Waals surface area contributed by atoms with Gasteiger partial charge in [-0.05, 0) is 30.5 Å². The maximum Gasteiger partial charge on any atom is 0.154 e. The Bertz CT molecular complexity index is 599. The van der Waals surface area contributed by atoms with E-state index in [1.54, 1.807) is 0 Å². The Morgan fingerprint density at radius 2 is 1.82 bits per heavy atom. The molecule has 0 aromatic heterocycles. The standard InChI is InChI=1S/C18H22N2OS/c1-15-7-5-6-10-17(15)21-13-14-22-18(19)20-12-11-16-8-3-2-4-9-16/h2-10H,11-14H2,1H3,(H2,19,20). The predicted octanol–water partition coefficient (Wildman–Crippen LogP) is 3.66. The molecule has 0 atom stereocenters. The van der Waals surface area contributed by atoms with Crippen molar-refractivity contribution in [1.29, 1.82) is 0 Å². The Morgan fingerprint density at radius 1 is 1.09 bits per heavy atom. The lowest BCUT2D eigenvalue weighted by Gasteiger charge is -2.08. The van der Waals surface area contributed by atoms with E-state index < -0.39 is 0 Å². The average molecular weight is 314 g/mol. The molecular formula is C18H22N2OS. The number of hydrogen-bond acceptors (Lipinski definition) is 3. The molecule has 2 N–H and O–H groups in total. The summed E-state index contributed by atoms with van der Waals surface area (Å²) in [6, 6.07) is 18.3. The van der Waals surface area contributed by atoms with Crippen molar-refractivity contribution in [3.8, 4) is 5.75 Å². The fourth-order valence-electron chi connectivity index (χ4n) is 2.00. The van der Waals surface area contributed by atoms with Gasteiger partial charge in [-0.2, -0.15) is 0 Å². The number of benzene rings is 2. The number of nitrogens with zero attached hydrogens (tertiary/aromatic N) is 1. The summed E-state index contributed by atoms with van der Waals surface area (Å²) in [6.07, 6.45) is 0.918. The molecule has 4 heteroatoms. The highest BCUT2D eigenvalue weighted by Gasteiger charge is 1.99. The minimum Gasteiger partial charge on any atom is -0.492 e. The zero-order valence-electron chi connectivity index (χ0n) is 12.9. The lowest BCUT2D eigenvalue weighted by molar-refractivity contribution is 0.342. The first-order chi connectivity index (χ1) is 10.8. The van der Waals surface area contributed by atoms with Crippen LogP contribution in [0.1, 0.15) is 11.1 Å². The molecular weight excluding hydrogens is 292 g/mol. The zero-order chi connectivity index (χ0) is 15.6. The molecule has 0 radical (unpaired) electrons. The summed E-state index contributed by atoms with van der Waals surface area (Å²) in [5, 5.41) is 0.629. The molecule has 0 saturated carbocycles. The van der Waals surface area contributed by atoms with Crippen LogP contribution in [0.5, 0.6) is 5.75 Å². The van der Waals surface area contributed by atoms with Gasteiger partial charge in [0.1, 0.15) is 5.75 Å². The summed E-state index contributed by atoms with van der Waals surface area (Å²) in [4.78, 5) is 4.38. The highest BCUT2D eigenvalue weighted by Crippen LogP contribution is 2.16. The smallest absolute Gasteiger partial charge is 0.154 e. The molecule has 22 heavy (non-hydrogen) atoms. The zero-order valence-corrected chi connectivity index (χ0v) is 13.7. The first-order valence-corrected chi connectivity index (χ1v) is 8.39. The number of aryl methyl sites for hydroxylation is 1. The van der Waals surface area contributed by atoms with Crippen LogP contribution in [0.2, 0.25) is 0 Å². The first kappa shape index (κ1) is 16.4. The fraction of sp³-hybridized carbons (Fsp3) is 0.278. The van der Waals surface area contributed by atoms with Crippen LogP contribution in [0, 0.1) is 6.92 Å². The van der Waals surface area contributed by atoms with Crippen molar-refractivity contribution >= 4 is 16.9 Å². The molecule has 0 aliphatic rings. The summed E-state index contributed by atoms with van der Waals surface area (Å²) >= 11 is 1.54. The van der Waals surface area contributed by atoms with Crippen LogP contribution in [0.4, 0.5) is 0 Å². The topological polar surface area (TPSA) is 47.6 Å². The van der Waals surface area contributed by atoms with E-state index in [0.717, 1.165) is 30.0 Å². The third-order valence-electron chi connectivity index (χ3n) is 3.20. The second-order valence-electron chi connectivity index (χ2n) is 4.92. The van der Waals surface area contributed by atoms with Crippen LogP contribution < -0.4 is 10.5 Å². The van der Waals surface area contributed by atoms with Gasteiger partial charge in [-0.15, -0.1) is 0 Å². The number of aliphatic imine (C=N–C) groups is 1. The Kier molecular flexibility index (Phi) is 6.84. The molecule has 0 fully saturated rings. The van der Waals surface area contributed by atoms with Crippen molar-refractivity contribution in [2.45, 2.75) is 13.3 Å². The molecule has 0 heterocycles. The minimum absolute atomic E-state index is 0.629. The van der Waals surface area contributed by atoms with Crippen molar-refractivity contribution in [1.82, 2.24) is 0 Å². The van der Waals surface area contributed by atoms with Gasteiger partial charge < -0.3 is 10.5 Å². The molecule has 0 bridgehead atoms. The molecule has 2 rings (SSSR count). The van der Waals surface area contributed by atoms with Gasteiger partial charge in [0.05, 0.1) is 6.61 Å². The van der Waals surface area contributed by atoms with Crippen LogP contribution >= 0.6 is 11.8 Å². The van der Waals surface area contributed by atoms with Crippen molar-refractivity contribution < 1.29 is 4.74 Å². The Hall–Kier alpha value is -1.94. The summed E-state index contributed by atoms with van der Waals surface area (Å²) < 4.78 is 5.73. The van der Waals surface area contributed by atoms with Gasteiger partial charge in [0.2, 0.25) is 0 Å². The summed E-state index contributed by atoms with van der Waals surface area (Å²) in [6.45, 7) is 3.40. The van der Waals surface area contributed by atoms with E-state index in [0.29, 0.717) is 11.8 Å². The van der Waals surface area contributed by atoms with E-state index >= 15 is 0 Å². The van der Waals surface area contributed by atoms with Crippen LogP contribution in [0.3, 0.4) is 0 Å². The third-order valence-corrected chi connectivity index (χ3v) is 3.99. The van der Waals surface area contributed by atoms with Crippen LogP contribution in [0.25, 0.3) is 0 Å². The van der Waals surface area contributed by atoms with Crippen molar-refractivity contribution in [2.24, 2.45) is 10.7 Å². The van der Waals surface area contributed by atoms with E-state index in [2.05, 4.69) is 17.1 Å². The van der Waals surface area contributed by atoms with Gasteiger partial charge in [0, 0.05) is 12.3 Å². The number of amidine groups is 1. The SMILES string of the molecule is Cc1ccccc1OCCSC(N)=NCCc1ccccc1. The predicted molar refractivity (Wildman–Crippen MR) is 95.8 cm³/mol. The minimum atomic E-state index is 0.629. The molecule has 3 nitrogen and oxygen atoms in total. The van der Waals surface area contributed by atoms with E-state index in [9.17, 15) is 0 Å². The summed E-state index contributed by atoms with van der Waals surface area (Å²) in [7, 11) is 0. The van der Waals surface area contributed by atoms with Crippen LogP contribution in [-0.2, 0) is 6.42 Å². The van der Waals surface area contributed by atoms with Crippen LogP contribution in [-0.4, -0.2) is 24.1 Å². The van der Waals surface area contributed by atoms with Gasteiger partial charge in [0.15, 0.2) is 5.17 Å². The van der Waals surface area contributed by atoms with Crippen LogP contribution in [0.15, 0.2) is 59.6 Å². The Morgan fingerprint density at radius 3 is 2.59 bits per heavy atom. The number of thioether (sulfide) groups is 1. The van der Waals surface area contributed by atoms with E-state index in [4.69, 9.17) is 10.5 Å². The molecule has 116 valence electrons. The number of hydrogen-bond donors (Lipinski definition) is 1. The normalized spacial score (nSPS) is 11.4. The van der Waals surface area contributed by atoms with Gasteiger partial charge >= 0.3 is 0 Å². The molecule has 0 aliphatic carbocycles. The van der Waals surface area contributed by atoms with Gasteiger partial charge in [0.25, 0.3) is 0 Å². The summed E-state index contributed by atoms with van der Waals surface area (Å²) in [5.41, 5.74) is 8.34. The maximum absolute atomic E-state index is 5.90. The Balaban J connectivity index is 1.64. The van der Waals surface area contributed by atoms with Gasteiger partial charge in [-0.3, -0.25) is 4.99 Å². The number of nitrogens with two attached hydrogens (primary N) is 1. The van der Waals surface area contributed by atoms with Crippen molar-refractivity contribution in [3.63, 3.8) is 0 Å². The highest BCUT2D eigenvalue weighted by molar-refractivity contribution is 8.13. The average Bonchev–Trinajstić information content (AvgIpc) is 2.54. The van der Waals surface area contributed by atoms with Gasteiger partial charge in [-0.25, -0.2) is 0 Å². The quantitative estimate of drug-likeness (QED) is 0.482. The number of para-hydroxylation sites is 1. The van der Waals surface area contributed by atoms with E-state index in [-0.39, 0.29) is 0 Å². The second kappa shape index (κ2) is 9.15. The summed E-state index contributed by atoms with van der Waals surface area (Å²) in [5.74, 6) is 1.73. The first-order valence-electron chi connectivity index (χ1n) is 7.41. The lowest BCUT2D eigenvalue weighted by Crippen LogP contribution is -2.11. The highest BCUT2D eigenvalue weighted by atomic mass is 32.2. The van der Waals surface area contributed by atoms with Crippen molar-refractivity contribution in [2.75, 3.05) is 18.9 Å². The van der Waals surface area contributed by atoms with E-state index in [1.807, 2.05) is 49.4 Å². The molecule has 2 aromatic carbocycles. The molecule has 0 spiro atoms. The monoisotopic (exact) mass is 314 g/mol. The number of ether oxygens (including phenoxy) is 1. The molecule has 0 amide bonds. The fourth-order valence-corrected chi connectivity index (χ4v) is 2.56. The largest absolute Gasteiger partial charge is 0.492 e. The second-order valence-corrected chi connectivity index (χ2v) is 6.03. The molecule has 0 unspecified atom stereocenters.